The van der Waals surface area contributed by atoms with Gasteiger partial charge in [-0.1, -0.05) is 69.6 Å². The Hall–Kier alpha value is -12.1. The normalized spacial score (nSPS) is 11.6. The van der Waals surface area contributed by atoms with Gasteiger partial charge in [0.05, 0.1) is 85.5 Å². The number of carbonyl (C=O) groups is 6. The van der Waals surface area contributed by atoms with Crippen molar-refractivity contribution in [3.63, 3.8) is 0 Å². The van der Waals surface area contributed by atoms with E-state index in [4.69, 9.17) is 69.6 Å². The highest BCUT2D eigenvalue weighted by Gasteiger charge is 2.41. The summed E-state index contributed by atoms with van der Waals surface area (Å²) in [7, 11) is 1.42. The number of tetrazole rings is 3. The van der Waals surface area contributed by atoms with Gasteiger partial charge in [-0.2, -0.15) is 54.8 Å². The van der Waals surface area contributed by atoms with Gasteiger partial charge in [-0.05, 0) is 187 Å². The van der Waals surface area contributed by atoms with E-state index in [1.165, 1.54) is 80.2 Å². The Morgan fingerprint density at radius 2 is 0.713 bits per heavy atom. The molecular weight excluding hydrogens is 1660 g/mol. The average molecular weight is 1720 g/mol. The number of nitrogens with zero attached hydrogens (tertiary/aromatic N) is 21. The van der Waals surface area contributed by atoms with Crippen LogP contribution in [-0.2, 0) is 38.2 Å². The van der Waals surface area contributed by atoms with E-state index < -0.39 is 96.6 Å². The molecule has 0 spiro atoms. The molecule has 0 aliphatic heterocycles. The lowest BCUT2D eigenvalue weighted by Gasteiger charge is -2.22. The molecule has 9 aromatic heterocycles. The van der Waals surface area contributed by atoms with Gasteiger partial charge in [-0.25, -0.2) is 43.0 Å². The minimum absolute atomic E-state index is 0.00296. The molecule has 0 atom stereocenters. The van der Waals surface area contributed by atoms with Crippen LogP contribution in [0.15, 0.2) is 110 Å². The lowest BCUT2D eigenvalue weighted by molar-refractivity contribution is -0.148. The third-order valence-electron chi connectivity index (χ3n) is 15.5. The maximum Gasteiger partial charge on any atom is 0.453 e. The van der Waals surface area contributed by atoms with Crippen LogP contribution in [-0.4, -0.2) is 159 Å². The number of aryl methyl sites for hydroxylation is 3. The summed E-state index contributed by atoms with van der Waals surface area (Å²) in [6, 6.07) is 21.8. The predicted molar refractivity (Wildman–Crippen MR) is 396 cm³/mol. The number of anilines is 3. The van der Waals surface area contributed by atoms with Gasteiger partial charge in [-0.15, -0.1) is 15.3 Å². The summed E-state index contributed by atoms with van der Waals surface area (Å²) in [6.07, 6.45) is -10.2. The van der Waals surface area contributed by atoms with Crippen molar-refractivity contribution < 1.29 is 68.3 Å². The number of rotatable bonds is 19. The number of alkyl halides is 9. The summed E-state index contributed by atoms with van der Waals surface area (Å²) >= 11 is 37.2. The molecule has 0 aliphatic rings. The van der Waals surface area contributed by atoms with Gasteiger partial charge in [0.25, 0.3) is 52.9 Å². The molecule has 115 heavy (non-hydrogen) atoms. The van der Waals surface area contributed by atoms with Crippen molar-refractivity contribution in [3.8, 4) is 17.5 Å². The molecular formula is C67H56Cl6F9N27O6. The smallest absolute Gasteiger partial charge is 0.355 e. The largest absolute Gasteiger partial charge is 0.453 e. The standard InChI is InChI=1S/C24H22Cl2F3N9O2.C22H18Cl2F3N9O2.C21H16Cl2F3N9O2/c1-12-8-13(25)9-15(20(39)32-23(2,3)4)18(12)31-21(40)17-10-14(11-37-22(24(27,28)29)33-35-36-37)34-38(17)19-16(26)6-5-7-30-19;1-3-28-19(37)14-8-12(23)7-11(2)17(14)30-20(38)16-9-13(10-35-21(22(25,26)27)31-33-34-35)32-36(16)18-15(24)5-4-6-29-18;1-10-6-11(22)7-13(18(36)27-2)16(10)29-19(37)15-8-12(9-34-20(21(24,25)26)30-32-33-34)31-35(15)17-14(23)4-3-5-28-17/h5-10H,11H2,1-4H3,(H,31,40)(H,32,39);4-9H,3,10H2,1-2H3,(H,28,37)(H,30,38);3-8H,9H2,1-2H3,(H,27,36)(H,29,37). The number of hydrogen-bond acceptors (Lipinski definition) is 21. The van der Waals surface area contributed by atoms with Gasteiger partial charge in [0.2, 0.25) is 0 Å². The Balaban J connectivity index is 0.000000182. The summed E-state index contributed by atoms with van der Waals surface area (Å²) in [6.45, 7) is 10.9. The van der Waals surface area contributed by atoms with Crippen molar-refractivity contribution in [2.24, 2.45) is 0 Å². The quantitative estimate of drug-likeness (QED) is 0.0409. The van der Waals surface area contributed by atoms with Crippen LogP contribution < -0.4 is 31.9 Å². The van der Waals surface area contributed by atoms with Crippen molar-refractivity contribution in [1.29, 1.82) is 0 Å². The zero-order chi connectivity index (χ0) is 83.9. The SMILES string of the molecule is CCNC(=O)c1cc(Cl)cc(C)c1NC(=O)c1cc(Cn2nnnc2C(F)(F)F)nn1-c1ncccc1Cl.CNC(=O)c1cc(Cl)cc(C)c1NC(=O)c1cc(Cn2nnnc2C(F)(F)F)nn1-c1ncccc1Cl.Cc1cc(Cl)cc(C(=O)NC(C)(C)C)c1NC(=O)c1cc(Cn2nnnc2C(F)(F)F)nn1-c1ncccc1Cl. The third-order valence-corrected chi connectivity index (χ3v) is 17.0. The predicted octanol–water partition coefficient (Wildman–Crippen LogP) is 12.2. The van der Waals surface area contributed by atoms with E-state index in [0.717, 1.165) is 14.0 Å². The highest BCUT2D eigenvalue weighted by Crippen LogP contribution is 2.35. The first-order chi connectivity index (χ1) is 54.1. The maximum absolute atomic E-state index is 13.6. The first-order valence-corrected chi connectivity index (χ1v) is 35.2. The monoisotopic (exact) mass is 1720 g/mol. The van der Waals surface area contributed by atoms with Gasteiger partial charge in [0, 0.05) is 52.8 Å². The molecule has 12 rings (SSSR count). The second kappa shape index (κ2) is 35.1. The molecule has 0 aliphatic carbocycles. The van der Waals surface area contributed by atoms with Crippen LogP contribution in [0, 0.1) is 20.8 Å². The van der Waals surface area contributed by atoms with Crippen molar-refractivity contribution in [2.45, 2.75) is 92.2 Å². The van der Waals surface area contributed by atoms with Crippen LogP contribution in [0.4, 0.5) is 56.6 Å². The fourth-order valence-corrected chi connectivity index (χ4v) is 12.1. The number of carbonyl (C=O) groups excluding carboxylic acids is 6. The number of benzene rings is 3. The second-order valence-corrected chi connectivity index (χ2v) is 27.7. The number of hydrogen-bond donors (Lipinski definition) is 6. The summed E-state index contributed by atoms with van der Waals surface area (Å²) in [5.74, 6) is -7.54. The molecule has 0 saturated carbocycles. The van der Waals surface area contributed by atoms with Gasteiger partial charge < -0.3 is 31.9 Å². The van der Waals surface area contributed by atoms with Crippen molar-refractivity contribution in [1.82, 2.24) is 121 Å². The minimum atomic E-state index is -4.81. The number of pyridine rings is 3. The lowest BCUT2D eigenvalue weighted by Crippen LogP contribution is -2.41. The first-order valence-electron chi connectivity index (χ1n) is 32.9. The topological polar surface area (TPSA) is 398 Å². The number of halogens is 15. The maximum atomic E-state index is 13.6. The lowest BCUT2D eigenvalue weighted by atomic mass is 10.0. The third kappa shape index (κ3) is 20.5. The van der Waals surface area contributed by atoms with Crippen LogP contribution in [0.3, 0.4) is 0 Å². The van der Waals surface area contributed by atoms with Gasteiger partial charge >= 0.3 is 18.5 Å². The molecule has 0 radical (unpaired) electrons. The van der Waals surface area contributed by atoms with Gasteiger partial charge in [0.1, 0.15) is 17.1 Å². The molecule has 0 bridgehead atoms. The zero-order valence-corrected chi connectivity index (χ0v) is 64.8. The highest BCUT2D eigenvalue weighted by molar-refractivity contribution is 6.34. The van der Waals surface area contributed by atoms with E-state index in [-0.39, 0.29) is 116 Å². The van der Waals surface area contributed by atoms with E-state index in [1.54, 1.807) is 84.9 Å². The molecule has 9 heterocycles. The number of nitrogens with one attached hydrogen (secondary N) is 6. The second-order valence-electron chi connectivity index (χ2n) is 25.1. The first kappa shape index (κ1) is 85.3. The summed E-state index contributed by atoms with van der Waals surface area (Å²) < 4.78 is 124. The molecule has 6 amide bonds. The van der Waals surface area contributed by atoms with Gasteiger partial charge in [-0.3, -0.25) is 28.8 Å². The van der Waals surface area contributed by atoms with Crippen molar-refractivity contribution in [2.75, 3.05) is 29.5 Å². The fourth-order valence-electron chi connectivity index (χ4n) is 10.7. The molecule has 48 heteroatoms. The molecule has 12 aromatic rings. The van der Waals surface area contributed by atoms with E-state index in [1.807, 2.05) is 0 Å². The summed E-state index contributed by atoms with van der Waals surface area (Å²) in [5, 5.41) is 58.4. The van der Waals surface area contributed by atoms with E-state index in [0.29, 0.717) is 37.3 Å². The Morgan fingerprint density at radius 1 is 0.417 bits per heavy atom. The van der Waals surface area contributed by atoms with Crippen LogP contribution in [0.25, 0.3) is 17.5 Å². The van der Waals surface area contributed by atoms with E-state index in [2.05, 4.69) is 109 Å². The fraction of sp³-hybridized carbons (Fsp3) is 0.239. The highest BCUT2D eigenvalue weighted by atomic mass is 35.5. The van der Waals surface area contributed by atoms with Crippen LogP contribution in [0.1, 0.15) is 141 Å². The van der Waals surface area contributed by atoms with Crippen molar-refractivity contribution >= 4 is 122 Å². The minimum Gasteiger partial charge on any atom is -0.355 e. The molecule has 0 saturated heterocycles. The van der Waals surface area contributed by atoms with E-state index in [9.17, 15) is 68.3 Å². The molecule has 6 N–H and O–H groups in total. The van der Waals surface area contributed by atoms with Crippen LogP contribution in [0.5, 0.6) is 0 Å². The Kier molecular flexibility index (Phi) is 26.0. The molecule has 33 nitrogen and oxygen atoms in total. The summed E-state index contributed by atoms with van der Waals surface area (Å²) in [5.41, 5.74) is 1.40. The van der Waals surface area contributed by atoms with Gasteiger partial charge in [0.15, 0.2) is 17.5 Å². The van der Waals surface area contributed by atoms with Crippen LogP contribution in [0.2, 0.25) is 30.1 Å². The zero-order valence-electron chi connectivity index (χ0n) is 60.2. The number of aromatic nitrogens is 21. The summed E-state index contributed by atoms with van der Waals surface area (Å²) in [4.78, 5) is 91.1. The van der Waals surface area contributed by atoms with Crippen molar-refractivity contribution in [3.05, 3.63) is 225 Å². The van der Waals surface area contributed by atoms with E-state index >= 15 is 0 Å². The molecule has 0 fully saturated rings. The Labute approximate surface area is 671 Å². The Morgan fingerprint density at radius 3 is 0.983 bits per heavy atom. The number of amides is 6. The average Bonchev–Trinajstić information content (AvgIpc) is 1.70. The molecule has 3 aromatic carbocycles. The molecule has 0 unspecified atom stereocenters. The molecule has 600 valence electrons. The Bertz CT molecular complexity index is 5700. The van der Waals surface area contributed by atoms with Crippen LogP contribution >= 0.6 is 69.6 Å².